The van der Waals surface area contributed by atoms with Gasteiger partial charge in [-0.2, -0.15) is 4.31 Å². The van der Waals surface area contributed by atoms with Crippen molar-refractivity contribution in [1.82, 2.24) is 19.2 Å². The molecule has 8 nitrogen and oxygen atoms in total. The van der Waals surface area contributed by atoms with E-state index in [0.717, 1.165) is 31.2 Å². The van der Waals surface area contributed by atoms with Crippen LogP contribution in [0.2, 0.25) is 0 Å². The molecule has 0 spiro atoms. The number of carbonyl (C=O) groups excluding carboxylic acids is 1. The largest absolute Gasteiger partial charge is 0.379 e. The molecule has 0 radical (unpaired) electrons. The third kappa shape index (κ3) is 4.22. The molecule has 0 aromatic carbocycles. The van der Waals surface area contributed by atoms with Crippen molar-refractivity contribution >= 4 is 15.9 Å². The monoisotopic (exact) mass is 418 g/mol. The highest BCUT2D eigenvalue weighted by Crippen LogP contribution is 2.31. The van der Waals surface area contributed by atoms with Gasteiger partial charge in [-0.3, -0.25) is 9.78 Å². The van der Waals surface area contributed by atoms with Crippen LogP contribution in [0.15, 0.2) is 41.7 Å². The number of rotatable bonds is 4. The van der Waals surface area contributed by atoms with E-state index >= 15 is 0 Å². The van der Waals surface area contributed by atoms with Crippen LogP contribution in [0.3, 0.4) is 0 Å². The van der Waals surface area contributed by atoms with E-state index in [1.807, 2.05) is 17.0 Å². The van der Waals surface area contributed by atoms with Crippen LogP contribution in [0.25, 0.3) is 0 Å². The Morgan fingerprint density at radius 2 is 1.86 bits per heavy atom. The molecule has 156 valence electrons. The van der Waals surface area contributed by atoms with Crippen LogP contribution >= 0.6 is 0 Å². The Morgan fingerprint density at radius 1 is 1.10 bits per heavy atom. The molecule has 4 rings (SSSR count). The molecule has 1 N–H and O–H groups in total. The maximum atomic E-state index is 13.3. The Labute approximate surface area is 170 Å². The second kappa shape index (κ2) is 8.64. The molecular weight excluding hydrogens is 392 g/mol. The van der Waals surface area contributed by atoms with E-state index in [1.165, 1.54) is 16.6 Å². The molecule has 1 amide bonds. The van der Waals surface area contributed by atoms with Crippen molar-refractivity contribution in [3.05, 3.63) is 48.0 Å². The van der Waals surface area contributed by atoms with Crippen molar-refractivity contribution in [2.75, 3.05) is 32.8 Å². The van der Waals surface area contributed by atoms with Gasteiger partial charge in [0.05, 0.1) is 19.3 Å². The van der Waals surface area contributed by atoms with Crippen molar-refractivity contribution in [2.45, 2.75) is 36.6 Å². The maximum Gasteiger partial charge on any atom is 0.270 e. The summed E-state index contributed by atoms with van der Waals surface area (Å²) < 4.78 is 32.4. The van der Waals surface area contributed by atoms with E-state index in [0.29, 0.717) is 38.5 Å². The van der Waals surface area contributed by atoms with Crippen LogP contribution in [0.1, 0.15) is 47.8 Å². The minimum absolute atomic E-state index is 0.0319. The van der Waals surface area contributed by atoms with Crippen LogP contribution in [-0.2, 0) is 14.8 Å². The number of aromatic amines is 1. The molecule has 0 bridgehead atoms. The number of hydrogen-bond acceptors (Lipinski definition) is 5. The zero-order valence-corrected chi connectivity index (χ0v) is 17.1. The molecule has 2 aliphatic rings. The lowest BCUT2D eigenvalue weighted by molar-refractivity contribution is 0.0675. The molecule has 4 heterocycles. The van der Waals surface area contributed by atoms with Gasteiger partial charge in [0.15, 0.2) is 0 Å². The third-order valence-corrected chi connectivity index (χ3v) is 7.48. The summed E-state index contributed by atoms with van der Waals surface area (Å²) in [5.41, 5.74) is 1.36. The molecule has 2 fully saturated rings. The van der Waals surface area contributed by atoms with Gasteiger partial charge in [0, 0.05) is 38.2 Å². The normalized spacial score (nSPS) is 21.7. The molecule has 1 unspecified atom stereocenters. The summed E-state index contributed by atoms with van der Waals surface area (Å²) in [6.07, 6.45) is 8.85. The van der Waals surface area contributed by atoms with Crippen molar-refractivity contribution in [1.29, 1.82) is 0 Å². The summed E-state index contributed by atoms with van der Waals surface area (Å²) in [5, 5.41) is 0. The van der Waals surface area contributed by atoms with Gasteiger partial charge in [0.25, 0.3) is 5.91 Å². The average Bonchev–Trinajstić information content (AvgIpc) is 3.14. The maximum absolute atomic E-state index is 13.3. The van der Waals surface area contributed by atoms with Gasteiger partial charge in [0.1, 0.15) is 10.6 Å². The molecule has 2 aliphatic heterocycles. The highest BCUT2D eigenvalue weighted by molar-refractivity contribution is 7.89. The number of sulfonamides is 1. The van der Waals surface area contributed by atoms with Crippen molar-refractivity contribution in [3.63, 3.8) is 0 Å². The number of H-pyrrole nitrogens is 1. The average molecular weight is 419 g/mol. The standard InChI is InChI=1S/C20H26N4O4S/c25-20(24-9-3-1-2-4-19(24)16-5-7-21-8-6-16)18-14-17(15-22-18)29(26,27)23-10-12-28-13-11-23/h5-8,14-15,19,22H,1-4,9-13H2. The molecule has 0 saturated carbocycles. The predicted octanol–water partition coefficient (Wildman–Crippen LogP) is 2.19. The molecule has 9 heteroatoms. The number of hydrogen-bond donors (Lipinski definition) is 1. The Hall–Kier alpha value is -2.23. The fourth-order valence-electron chi connectivity index (χ4n) is 4.02. The highest BCUT2D eigenvalue weighted by atomic mass is 32.2. The van der Waals surface area contributed by atoms with Gasteiger partial charge in [-0.25, -0.2) is 8.42 Å². The number of ether oxygens (including phenoxy) is 1. The molecule has 0 aliphatic carbocycles. The number of likely N-dealkylation sites (tertiary alicyclic amines) is 1. The summed E-state index contributed by atoms with van der Waals surface area (Å²) in [6, 6.07) is 5.32. The lowest BCUT2D eigenvalue weighted by Crippen LogP contribution is -2.40. The summed E-state index contributed by atoms with van der Waals surface area (Å²) in [5.74, 6) is -0.169. The summed E-state index contributed by atoms with van der Waals surface area (Å²) >= 11 is 0. The van der Waals surface area contributed by atoms with Crippen LogP contribution < -0.4 is 0 Å². The first kappa shape index (κ1) is 20.1. The van der Waals surface area contributed by atoms with Gasteiger partial charge in [-0.05, 0) is 36.6 Å². The summed E-state index contributed by atoms with van der Waals surface area (Å²) in [6.45, 7) is 2.07. The second-order valence-corrected chi connectivity index (χ2v) is 9.35. The Balaban J connectivity index is 1.58. The van der Waals surface area contributed by atoms with Crippen LogP contribution in [0, 0.1) is 0 Å². The lowest BCUT2D eigenvalue weighted by Gasteiger charge is -2.30. The Kier molecular flexibility index (Phi) is 5.98. The fourth-order valence-corrected chi connectivity index (χ4v) is 5.42. The van der Waals surface area contributed by atoms with Crippen LogP contribution in [0.4, 0.5) is 0 Å². The van der Waals surface area contributed by atoms with E-state index in [1.54, 1.807) is 12.4 Å². The van der Waals surface area contributed by atoms with E-state index in [2.05, 4.69) is 9.97 Å². The highest BCUT2D eigenvalue weighted by Gasteiger charge is 2.31. The summed E-state index contributed by atoms with van der Waals surface area (Å²) in [4.78, 5) is 22.3. The molecule has 2 saturated heterocycles. The van der Waals surface area contributed by atoms with Crippen molar-refractivity contribution in [3.8, 4) is 0 Å². The molecule has 29 heavy (non-hydrogen) atoms. The topological polar surface area (TPSA) is 95.6 Å². The SMILES string of the molecule is O=C(c1cc(S(=O)(=O)N2CCOCC2)c[nH]1)N1CCCCCC1c1ccncc1. The second-order valence-electron chi connectivity index (χ2n) is 7.41. The number of pyridine rings is 1. The molecular formula is C20H26N4O4S. The molecule has 1 atom stereocenters. The fraction of sp³-hybridized carbons (Fsp3) is 0.500. The first-order valence-corrected chi connectivity index (χ1v) is 11.5. The minimum Gasteiger partial charge on any atom is -0.379 e. The number of amides is 1. The molecule has 2 aromatic heterocycles. The third-order valence-electron chi connectivity index (χ3n) is 5.60. The minimum atomic E-state index is -3.64. The van der Waals surface area contributed by atoms with Crippen molar-refractivity contribution < 1.29 is 17.9 Å². The van der Waals surface area contributed by atoms with Crippen molar-refractivity contribution in [2.24, 2.45) is 0 Å². The van der Waals surface area contributed by atoms with E-state index in [-0.39, 0.29) is 16.8 Å². The number of morpholine rings is 1. The van der Waals surface area contributed by atoms with Gasteiger partial charge >= 0.3 is 0 Å². The lowest BCUT2D eigenvalue weighted by atomic mass is 10.0. The summed E-state index contributed by atoms with van der Waals surface area (Å²) in [7, 11) is -3.64. The first-order chi connectivity index (χ1) is 14.1. The van der Waals surface area contributed by atoms with Gasteiger partial charge < -0.3 is 14.6 Å². The Morgan fingerprint density at radius 3 is 2.62 bits per heavy atom. The van der Waals surface area contributed by atoms with E-state index < -0.39 is 10.0 Å². The zero-order chi connectivity index (χ0) is 20.3. The number of nitrogens with zero attached hydrogens (tertiary/aromatic N) is 3. The van der Waals surface area contributed by atoms with Crippen LogP contribution in [-0.4, -0.2) is 66.3 Å². The van der Waals surface area contributed by atoms with E-state index in [4.69, 9.17) is 4.74 Å². The zero-order valence-electron chi connectivity index (χ0n) is 16.3. The number of nitrogens with one attached hydrogen (secondary N) is 1. The quantitative estimate of drug-likeness (QED) is 0.821. The first-order valence-electron chi connectivity index (χ1n) is 10.0. The van der Waals surface area contributed by atoms with Gasteiger partial charge in [-0.1, -0.05) is 12.8 Å². The van der Waals surface area contributed by atoms with Gasteiger partial charge in [-0.15, -0.1) is 0 Å². The number of aromatic nitrogens is 2. The van der Waals surface area contributed by atoms with Gasteiger partial charge in [0.2, 0.25) is 10.0 Å². The van der Waals surface area contributed by atoms with E-state index in [9.17, 15) is 13.2 Å². The smallest absolute Gasteiger partial charge is 0.270 e. The molecule has 2 aromatic rings. The van der Waals surface area contributed by atoms with Crippen LogP contribution in [0.5, 0.6) is 0 Å². The predicted molar refractivity (Wildman–Crippen MR) is 107 cm³/mol. The number of carbonyl (C=O) groups is 1. The Bertz CT molecular complexity index is 938.